The number of fused-ring (bicyclic) bond motifs is 6. The molecule has 1 aromatic heterocycles. The molecule has 1 saturated heterocycles. The number of benzene rings is 2. The Morgan fingerprint density at radius 3 is 2.44 bits per heavy atom. The Balaban J connectivity index is 1.32. The molecule has 6 aliphatic rings. The first-order valence-corrected chi connectivity index (χ1v) is 23.4. The number of aromatic amines is 1. The van der Waals surface area contributed by atoms with Crippen LogP contribution in [0.2, 0.25) is 0 Å². The molecule has 64 heavy (non-hydrogen) atoms. The summed E-state index contributed by atoms with van der Waals surface area (Å²) in [4.78, 5) is 66.5. The summed E-state index contributed by atoms with van der Waals surface area (Å²) >= 11 is 1.58. The van der Waals surface area contributed by atoms with E-state index in [1.165, 1.54) is 33.8 Å². The van der Waals surface area contributed by atoms with Crippen molar-refractivity contribution in [2.45, 2.75) is 98.9 Å². The number of rotatable bonds is 11. The zero-order valence-electron chi connectivity index (χ0n) is 38.1. The van der Waals surface area contributed by atoms with E-state index in [1.807, 2.05) is 37.1 Å². The molecule has 9 atom stereocenters. The van der Waals surface area contributed by atoms with E-state index >= 15 is 4.79 Å². The number of likely N-dealkylation sites (N-methyl/N-ethyl adjacent to an activating group) is 1. The second-order valence-corrected chi connectivity index (χ2v) is 19.7. The monoisotopic (exact) mass is 896 g/mol. The van der Waals surface area contributed by atoms with Crippen molar-refractivity contribution in [1.29, 1.82) is 0 Å². The van der Waals surface area contributed by atoms with E-state index in [0.717, 1.165) is 57.8 Å². The lowest BCUT2D eigenvalue weighted by molar-refractivity contribution is -0.228. The van der Waals surface area contributed by atoms with E-state index in [9.17, 15) is 19.5 Å². The number of carbonyl (C=O) groups is 4. The van der Waals surface area contributed by atoms with E-state index in [4.69, 9.17) is 23.7 Å². The summed E-state index contributed by atoms with van der Waals surface area (Å²) in [6.45, 7) is 8.92. The zero-order chi connectivity index (χ0) is 45.5. The number of nitrogens with zero attached hydrogens (tertiary/aromatic N) is 3. The molecule has 1 unspecified atom stereocenters. The minimum Gasteiger partial charge on any atom is -0.496 e. The molecule has 3 aromatic rings. The molecule has 2 N–H and O–H groups in total. The quantitative estimate of drug-likeness (QED) is 0.109. The summed E-state index contributed by atoms with van der Waals surface area (Å²) in [6, 6.07) is 9.05. The van der Waals surface area contributed by atoms with Crippen molar-refractivity contribution in [2.75, 3.05) is 72.3 Å². The third kappa shape index (κ3) is 6.16. The van der Waals surface area contributed by atoms with Gasteiger partial charge in [0.25, 0.3) is 0 Å². The van der Waals surface area contributed by atoms with E-state index in [1.54, 1.807) is 18.9 Å². The Bertz CT molecular complexity index is 2480. The number of methoxy groups -OCH3 is 4. The summed E-state index contributed by atoms with van der Waals surface area (Å²) < 4.78 is 28.9. The second-order valence-electron chi connectivity index (χ2n) is 18.5. The maximum atomic E-state index is 15.4. The molecule has 2 aromatic carbocycles. The number of H-pyrrole nitrogens is 1. The van der Waals surface area contributed by atoms with Crippen molar-refractivity contribution >= 4 is 52.2 Å². The lowest BCUT2D eigenvalue weighted by atomic mass is 9.47. The molecule has 2 bridgehead atoms. The fraction of sp³-hybridized carbons (Fsp3) is 0.551. The highest BCUT2D eigenvalue weighted by molar-refractivity contribution is 7.99. The van der Waals surface area contributed by atoms with E-state index < -0.39 is 51.9 Å². The van der Waals surface area contributed by atoms with Gasteiger partial charge in [-0.1, -0.05) is 37.6 Å². The predicted molar refractivity (Wildman–Crippen MR) is 241 cm³/mol. The molecule has 5 aliphatic heterocycles. The van der Waals surface area contributed by atoms with Crippen LogP contribution in [0.25, 0.3) is 10.9 Å². The van der Waals surface area contributed by atoms with Gasteiger partial charge in [-0.05, 0) is 73.5 Å². The highest BCUT2D eigenvalue weighted by Crippen LogP contribution is 2.68. The van der Waals surface area contributed by atoms with Crippen LogP contribution in [0.5, 0.6) is 5.75 Å². The van der Waals surface area contributed by atoms with Gasteiger partial charge in [-0.15, -0.1) is 11.8 Å². The minimum absolute atomic E-state index is 0.0277. The van der Waals surface area contributed by atoms with Crippen LogP contribution in [0.15, 0.2) is 59.0 Å². The zero-order valence-corrected chi connectivity index (χ0v) is 38.9. The van der Waals surface area contributed by atoms with Crippen molar-refractivity contribution in [3.63, 3.8) is 0 Å². The minimum atomic E-state index is -2.31. The van der Waals surface area contributed by atoms with Crippen LogP contribution in [0, 0.1) is 11.3 Å². The molecular weight excluding hydrogens is 837 g/mol. The molecule has 0 radical (unpaired) electrons. The van der Waals surface area contributed by atoms with Crippen LogP contribution in [-0.4, -0.2) is 135 Å². The first-order valence-electron chi connectivity index (χ1n) is 22.4. The first-order chi connectivity index (χ1) is 30.7. The molecular formula is C49H60N4O10S. The summed E-state index contributed by atoms with van der Waals surface area (Å²) in [6.07, 6.45) is 7.73. The summed E-state index contributed by atoms with van der Waals surface area (Å²) in [5.41, 5.74) is 0.505. The molecule has 1 saturated carbocycles. The number of hydrogen-bond acceptors (Lipinski definition) is 14. The molecule has 342 valence electrons. The number of hydrogen-bond donors (Lipinski definition) is 2. The highest BCUT2D eigenvalue weighted by Gasteiger charge is 2.80. The van der Waals surface area contributed by atoms with Crippen LogP contribution < -0.4 is 9.64 Å². The second kappa shape index (κ2) is 16.2. The van der Waals surface area contributed by atoms with Gasteiger partial charge >= 0.3 is 23.9 Å². The van der Waals surface area contributed by atoms with Gasteiger partial charge in [0.05, 0.1) is 40.9 Å². The molecule has 0 amide bonds. The Morgan fingerprint density at radius 1 is 0.969 bits per heavy atom. The maximum Gasteiger partial charge on any atom is 0.344 e. The fourth-order valence-electron chi connectivity index (χ4n) is 13.3. The number of aliphatic hydroxyl groups is 1. The smallest absolute Gasteiger partial charge is 0.344 e. The number of thioether (sulfide) groups is 1. The summed E-state index contributed by atoms with van der Waals surface area (Å²) in [7, 11) is 7.56. The van der Waals surface area contributed by atoms with Crippen LogP contribution in [0.4, 0.5) is 5.69 Å². The SMILES string of the molecule is CCC1=C[C@H]2CN(C1)Cc1c([nH]c3ccc(SCCC(=O)OC)cc13)[C@@](C(=O)OC)(c1cc3c(cc1OC)N(C)[C@H]1[C@@](O)(C(=O)OC)[C@H](OC(C)=O)[C@]4(CC)C=CCN5CC[C@]31[C@@H]54)C2. The van der Waals surface area contributed by atoms with Gasteiger partial charge in [0.15, 0.2) is 6.10 Å². The highest BCUT2D eigenvalue weighted by atomic mass is 32.2. The molecule has 15 heteroatoms. The number of ether oxygens (including phenoxy) is 5. The maximum absolute atomic E-state index is 15.4. The van der Waals surface area contributed by atoms with Gasteiger partial charge in [-0.25, -0.2) is 4.79 Å². The first kappa shape index (κ1) is 44.4. The summed E-state index contributed by atoms with van der Waals surface area (Å²) in [5, 5.41) is 14.4. The van der Waals surface area contributed by atoms with Crippen molar-refractivity contribution in [1.82, 2.24) is 14.8 Å². The molecule has 1 aliphatic carbocycles. The average Bonchev–Trinajstić information content (AvgIpc) is 3.94. The lowest BCUT2D eigenvalue weighted by Gasteiger charge is -2.63. The normalized spacial score (nSPS) is 32.3. The van der Waals surface area contributed by atoms with Crippen LogP contribution in [0.1, 0.15) is 75.3 Å². The third-order valence-corrected chi connectivity index (χ3v) is 16.6. The summed E-state index contributed by atoms with van der Waals surface area (Å²) in [5.74, 6) is -1.19. The Kier molecular flexibility index (Phi) is 11.3. The standard InChI is InChI=1S/C49H60N4O10S/c1-9-29-20-30-24-48(44(56)61-7,40-33(27-52(25-29)26-30)32-21-31(12-13-36(32)50-40)64-19-14-39(55)60-6)35-22-34-37(23-38(35)59-5)51(4)42-47(34)16-18-53-17-11-15-46(10-2,41(47)53)43(63-28(3)54)49(42,58)45(57)62-8/h11-13,15,20-23,30,41-43,50,58H,9-10,14,16-19,24-27H2,1-8H3/t30-,41+,42-,43-,46-,47-,48+,49+/m1/s1. The van der Waals surface area contributed by atoms with E-state index in [0.29, 0.717) is 56.0 Å². The molecule has 2 fully saturated rings. The lowest BCUT2D eigenvalue weighted by Crippen LogP contribution is -2.81. The molecule has 1 spiro atoms. The van der Waals surface area contributed by atoms with Crippen LogP contribution in [0.3, 0.4) is 0 Å². The Labute approximate surface area is 378 Å². The molecule has 6 heterocycles. The Morgan fingerprint density at radius 2 is 1.75 bits per heavy atom. The van der Waals surface area contributed by atoms with Crippen LogP contribution >= 0.6 is 11.8 Å². The number of esters is 4. The van der Waals surface area contributed by atoms with E-state index in [2.05, 4.69) is 52.1 Å². The van der Waals surface area contributed by atoms with Gasteiger partial charge in [-0.3, -0.25) is 24.2 Å². The van der Waals surface area contributed by atoms with Gasteiger partial charge in [0, 0.05) is 102 Å². The number of nitrogens with one attached hydrogen (secondary N) is 1. The predicted octanol–water partition coefficient (Wildman–Crippen LogP) is 5.41. The number of carbonyl (C=O) groups excluding carboxylic acids is 4. The fourth-order valence-corrected chi connectivity index (χ4v) is 14.2. The van der Waals surface area contributed by atoms with Gasteiger partial charge in [-0.2, -0.15) is 0 Å². The van der Waals surface area contributed by atoms with Gasteiger partial charge in [0.1, 0.15) is 11.2 Å². The van der Waals surface area contributed by atoms with Crippen LogP contribution in [-0.2, 0) is 55.5 Å². The van der Waals surface area contributed by atoms with Crippen molar-refractivity contribution in [3.8, 4) is 5.75 Å². The topological polar surface area (TPSA) is 160 Å². The third-order valence-electron chi connectivity index (χ3n) is 15.6. The number of aromatic nitrogens is 1. The Hall–Kier alpha value is -4.83. The molecule has 14 nitrogen and oxygen atoms in total. The van der Waals surface area contributed by atoms with Crippen molar-refractivity contribution < 1.29 is 48.0 Å². The van der Waals surface area contributed by atoms with Crippen molar-refractivity contribution in [2.24, 2.45) is 11.3 Å². The average molecular weight is 897 g/mol. The number of anilines is 1. The van der Waals surface area contributed by atoms with E-state index in [-0.39, 0.29) is 24.3 Å². The largest absolute Gasteiger partial charge is 0.496 e. The van der Waals surface area contributed by atoms with Crippen molar-refractivity contribution in [3.05, 3.63) is 76.5 Å². The molecule has 9 rings (SSSR count). The van der Waals surface area contributed by atoms with Gasteiger partial charge in [0.2, 0.25) is 5.60 Å². The van der Waals surface area contributed by atoms with Gasteiger partial charge < -0.3 is 38.7 Å².